The molecule has 4 saturated carbocycles. The van der Waals surface area contributed by atoms with Gasteiger partial charge in [0.05, 0.1) is 5.92 Å². The Morgan fingerprint density at radius 3 is 2.31 bits per heavy atom. The standard InChI is InChI=1S/C22H34O4/c1-13(23)26-15-8-10-21(2)14(12-15)4-5-16-17-6-7-19(20(24)25)22(17,3)11-9-18(16)21/h14-19H,4-12H2,1-3H3,(H,24,25)/t14-,15-,16?,17?,18?,19+,21-,22-/m0/s1. The molecule has 0 aromatic rings. The molecule has 0 bridgehead atoms. The van der Waals surface area contributed by atoms with Crippen molar-refractivity contribution in [1.29, 1.82) is 0 Å². The molecule has 4 rings (SSSR count). The Kier molecular flexibility index (Phi) is 4.39. The van der Waals surface area contributed by atoms with Crippen molar-refractivity contribution < 1.29 is 19.4 Å². The highest BCUT2D eigenvalue weighted by Gasteiger charge is 2.61. The fourth-order valence-corrected chi connectivity index (χ4v) is 7.97. The lowest BCUT2D eigenvalue weighted by Crippen LogP contribution is -2.54. The molecule has 4 nitrogen and oxygen atoms in total. The van der Waals surface area contributed by atoms with Crippen LogP contribution in [0, 0.1) is 40.4 Å². The molecule has 0 amide bonds. The van der Waals surface area contributed by atoms with Crippen molar-refractivity contribution in [3.63, 3.8) is 0 Å². The van der Waals surface area contributed by atoms with Crippen LogP contribution in [0.2, 0.25) is 0 Å². The molecule has 0 saturated heterocycles. The van der Waals surface area contributed by atoms with Crippen molar-refractivity contribution in [2.45, 2.75) is 84.7 Å². The van der Waals surface area contributed by atoms with E-state index < -0.39 is 5.97 Å². The lowest BCUT2D eigenvalue weighted by molar-refractivity contribution is -0.163. The topological polar surface area (TPSA) is 63.6 Å². The van der Waals surface area contributed by atoms with E-state index in [0.717, 1.165) is 44.4 Å². The Labute approximate surface area is 157 Å². The number of ether oxygens (including phenoxy) is 1. The van der Waals surface area contributed by atoms with Gasteiger partial charge in [-0.15, -0.1) is 0 Å². The zero-order valence-electron chi connectivity index (χ0n) is 16.5. The summed E-state index contributed by atoms with van der Waals surface area (Å²) in [7, 11) is 0. The van der Waals surface area contributed by atoms with E-state index in [9.17, 15) is 14.7 Å². The Morgan fingerprint density at radius 1 is 0.923 bits per heavy atom. The van der Waals surface area contributed by atoms with Gasteiger partial charge in [0.1, 0.15) is 6.10 Å². The van der Waals surface area contributed by atoms with E-state index in [0.29, 0.717) is 23.2 Å². The van der Waals surface area contributed by atoms with Crippen LogP contribution in [0.5, 0.6) is 0 Å². The molecular weight excluding hydrogens is 328 g/mol. The molecule has 0 spiro atoms. The van der Waals surface area contributed by atoms with Gasteiger partial charge in [-0.1, -0.05) is 13.8 Å². The van der Waals surface area contributed by atoms with E-state index in [1.54, 1.807) is 0 Å². The average Bonchev–Trinajstić information content (AvgIpc) is 2.92. The molecule has 3 unspecified atom stereocenters. The van der Waals surface area contributed by atoms with Gasteiger partial charge in [-0.25, -0.2) is 0 Å². The summed E-state index contributed by atoms with van der Waals surface area (Å²) in [5.41, 5.74) is 0.355. The van der Waals surface area contributed by atoms with E-state index in [1.165, 1.54) is 26.2 Å². The summed E-state index contributed by atoms with van der Waals surface area (Å²) in [4.78, 5) is 23.2. The van der Waals surface area contributed by atoms with Crippen LogP contribution in [0.25, 0.3) is 0 Å². The van der Waals surface area contributed by atoms with Crippen LogP contribution in [0.15, 0.2) is 0 Å². The van der Waals surface area contributed by atoms with Gasteiger partial charge < -0.3 is 9.84 Å². The quantitative estimate of drug-likeness (QED) is 0.726. The third kappa shape index (κ3) is 2.62. The van der Waals surface area contributed by atoms with Crippen LogP contribution in [0.1, 0.15) is 78.6 Å². The Bertz CT molecular complexity index is 601. The monoisotopic (exact) mass is 362 g/mol. The second-order valence-corrected chi connectivity index (χ2v) is 10.2. The highest BCUT2D eigenvalue weighted by atomic mass is 16.5. The van der Waals surface area contributed by atoms with Gasteiger partial charge >= 0.3 is 11.9 Å². The smallest absolute Gasteiger partial charge is 0.307 e. The SMILES string of the molecule is CC(=O)O[C@H]1CC[C@]2(C)C3CC[C@@]4(C)C(CC[C@@H]4C(=O)O)C3CC[C@H]2C1. The van der Waals surface area contributed by atoms with E-state index in [2.05, 4.69) is 13.8 Å². The average molecular weight is 363 g/mol. The second kappa shape index (κ2) is 6.24. The second-order valence-electron chi connectivity index (χ2n) is 10.2. The highest BCUT2D eigenvalue weighted by molar-refractivity contribution is 5.71. The summed E-state index contributed by atoms with van der Waals surface area (Å²) in [5, 5.41) is 9.71. The molecule has 146 valence electrons. The minimum atomic E-state index is -0.574. The summed E-state index contributed by atoms with van der Waals surface area (Å²) in [6, 6.07) is 0. The van der Waals surface area contributed by atoms with Gasteiger partial charge in [-0.3, -0.25) is 9.59 Å². The van der Waals surface area contributed by atoms with Crippen molar-refractivity contribution in [1.82, 2.24) is 0 Å². The van der Waals surface area contributed by atoms with Crippen LogP contribution in [0.4, 0.5) is 0 Å². The molecule has 0 heterocycles. The minimum absolute atomic E-state index is 0.00510. The molecule has 4 heteroatoms. The molecule has 8 atom stereocenters. The third-order valence-corrected chi connectivity index (χ3v) is 9.25. The Hall–Kier alpha value is -1.06. The number of esters is 1. The lowest BCUT2D eigenvalue weighted by atomic mass is 9.44. The summed E-state index contributed by atoms with van der Waals surface area (Å²) in [6.45, 7) is 6.28. The molecule has 26 heavy (non-hydrogen) atoms. The fourth-order valence-electron chi connectivity index (χ4n) is 7.97. The molecule has 4 fully saturated rings. The normalized spacial score (nSPS) is 50.3. The number of hydrogen-bond donors (Lipinski definition) is 1. The van der Waals surface area contributed by atoms with E-state index in [-0.39, 0.29) is 23.4 Å². The molecule has 4 aliphatic carbocycles. The number of carboxylic acids is 1. The van der Waals surface area contributed by atoms with Crippen molar-refractivity contribution in [2.75, 3.05) is 0 Å². The van der Waals surface area contributed by atoms with Crippen LogP contribution >= 0.6 is 0 Å². The van der Waals surface area contributed by atoms with Crippen LogP contribution in [-0.2, 0) is 14.3 Å². The van der Waals surface area contributed by atoms with Crippen molar-refractivity contribution in [3.05, 3.63) is 0 Å². The van der Waals surface area contributed by atoms with Gasteiger partial charge in [0.25, 0.3) is 0 Å². The van der Waals surface area contributed by atoms with E-state index >= 15 is 0 Å². The largest absolute Gasteiger partial charge is 0.481 e. The first-order valence-corrected chi connectivity index (χ1v) is 10.7. The van der Waals surface area contributed by atoms with E-state index in [4.69, 9.17) is 4.74 Å². The first-order valence-electron chi connectivity index (χ1n) is 10.7. The van der Waals surface area contributed by atoms with Gasteiger partial charge in [-0.05, 0) is 92.3 Å². The van der Waals surface area contributed by atoms with Gasteiger partial charge in [0, 0.05) is 6.92 Å². The van der Waals surface area contributed by atoms with Crippen LogP contribution in [0.3, 0.4) is 0 Å². The zero-order chi connectivity index (χ0) is 18.7. The third-order valence-electron chi connectivity index (χ3n) is 9.25. The fraction of sp³-hybridized carbons (Fsp3) is 0.909. The van der Waals surface area contributed by atoms with Crippen molar-refractivity contribution >= 4 is 11.9 Å². The first kappa shape index (κ1) is 18.3. The Morgan fingerprint density at radius 2 is 1.62 bits per heavy atom. The predicted octanol–water partition coefficient (Wildman–Crippen LogP) is 4.66. The van der Waals surface area contributed by atoms with Crippen molar-refractivity contribution in [2.24, 2.45) is 40.4 Å². The predicted molar refractivity (Wildman–Crippen MR) is 98.4 cm³/mol. The maximum absolute atomic E-state index is 11.8. The van der Waals surface area contributed by atoms with Gasteiger partial charge in [0.2, 0.25) is 0 Å². The zero-order valence-corrected chi connectivity index (χ0v) is 16.5. The number of hydrogen-bond acceptors (Lipinski definition) is 3. The minimum Gasteiger partial charge on any atom is -0.481 e. The molecular formula is C22H34O4. The van der Waals surface area contributed by atoms with E-state index in [1.807, 2.05) is 0 Å². The molecule has 0 aromatic carbocycles. The first-order chi connectivity index (χ1) is 12.3. The number of fused-ring (bicyclic) bond motifs is 5. The lowest BCUT2D eigenvalue weighted by Gasteiger charge is -2.60. The maximum atomic E-state index is 11.8. The maximum Gasteiger partial charge on any atom is 0.307 e. The Balaban J connectivity index is 1.54. The molecule has 1 N–H and O–H groups in total. The number of aliphatic carboxylic acids is 1. The summed E-state index contributed by atoms with van der Waals surface area (Å²) >= 11 is 0. The number of carbonyl (C=O) groups is 2. The summed E-state index contributed by atoms with van der Waals surface area (Å²) in [6.07, 6.45) is 9.98. The molecule has 0 aromatic heterocycles. The summed E-state index contributed by atoms with van der Waals surface area (Å²) in [5.74, 6) is 1.81. The van der Waals surface area contributed by atoms with Crippen LogP contribution < -0.4 is 0 Å². The van der Waals surface area contributed by atoms with Crippen molar-refractivity contribution in [3.8, 4) is 0 Å². The summed E-state index contributed by atoms with van der Waals surface area (Å²) < 4.78 is 5.54. The molecule has 0 aliphatic heterocycles. The number of carbonyl (C=O) groups excluding carboxylic acids is 1. The molecule has 4 aliphatic rings. The van der Waals surface area contributed by atoms with Gasteiger partial charge in [-0.2, -0.15) is 0 Å². The van der Waals surface area contributed by atoms with Gasteiger partial charge in [0.15, 0.2) is 0 Å². The van der Waals surface area contributed by atoms with Crippen LogP contribution in [-0.4, -0.2) is 23.1 Å². The number of rotatable bonds is 2. The number of carboxylic acid groups (broad SMARTS) is 1. The molecule has 0 radical (unpaired) electrons. The highest BCUT2D eigenvalue weighted by Crippen LogP contribution is 2.67.